The summed E-state index contributed by atoms with van der Waals surface area (Å²) in [6.07, 6.45) is 0. The fourth-order valence-electron chi connectivity index (χ4n) is 1.04. The predicted octanol–water partition coefficient (Wildman–Crippen LogP) is 5.82. The van der Waals surface area contributed by atoms with Crippen LogP contribution >= 0.6 is 54.5 Å². The van der Waals surface area contributed by atoms with E-state index in [1.54, 1.807) is 22.7 Å². The first-order chi connectivity index (χ1) is 8.67. The van der Waals surface area contributed by atoms with Gasteiger partial charge in [0.15, 0.2) is 10.1 Å². The molecule has 2 heterocycles. The molecule has 0 atom stereocenters. The van der Waals surface area contributed by atoms with Crippen LogP contribution in [-0.4, -0.2) is 13.2 Å². The first-order valence-corrected chi connectivity index (χ1v) is 8.69. The Hall–Kier alpha value is -0.0400. The van der Waals surface area contributed by atoms with Crippen molar-refractivity contribution in [2.75, 3.05) is 13.2 Å². The topological polar surface area (TPSA) is 18.5 Å². The summed E-state index contributed by atoms with van der Waals surface area (Å²) in [5.74, 6) is 0. The van der Waals surface area contributed by atoms with Crippen LogP contribution in [0.2, 0.25) is 0 Å². The van der Waals surface area contributed by atoms with Crippen LogP contribution in [0.1, 0.15) is 13.8 Å². The maximum atomic E-state index is 5.30. The van der Waals surface area contributed by atoms with Gasteiger partial charge >= 0.3 is 0 Å². The molecule has 2 rings (SSSR count). The van der Waals surface area contributed by atoms with Crippen LogP contribution in [-0.2, 0) is 0 Å². The van der Waals surface area contributed by atoms with Gasteiger partial charge in [0.1, 0.15) is 0 Å². The molecule has 0 aliphatic carbocycles. The molecule has 0 saturated heterocycles. The highest BCUT2D eigenvalue weighted by Crippen LogP contribution is 2.37. The second kappa shape index (κ2) is 8.96. The van der Waals surface area contributed by atoms with Crippen molar-refractivity contribution in [2.45, 2.75) is 13.8 Å². The van der Waals surface area contributed by atoms with Gasteiger partial charge in [0.25, 0.3) is 0 Å². The highest BCUT2D eigenvalue weighted by molar-refractivity contribution is 9.11. The third-order valence-corrected chi connectivity index (χ3v) is 4.86. The monoisotopic (exact) mass is 412 g/mol. The van der Waals surface area contributed by atoms with Gasteiger partial charge in [-0.3, -0.25) is 0 Å². The van der Waals surface area contributed by atoms with Crippen molar-refractivity contribution < 1.29 is 9.47 Å². The van der Waals surface area contributed by atoms with Crippen molar-refractivity contribution in [2.24, 2.45) is 0 Å². The summed E-state index contributed by atoms with van der Waals surface area (Å²) >= 11 is 9.95. The average molecular weight is 414 g/mol. The zero-order chi connectivity index (χ0) is 13.4. The van der Waals surface area contributed by atoms with E-state index in [0.29, 0.717) is 6.61 Å². The Bertz CT molecular complexity index is 441. The van der Waals surface area contributed by atoms with E-state index in [-0.39, 0.29) is 0 Å². The summed E-state index contributed by atoms with van der Waals surface area (Å²) in [4.78, 5) is 0. The molecule has 2 nitrogen and oxygen atoms in total. The molecule has 0 N–H and O–H groups in total. The first-order valence-electron chi connectivity index (χ1n) is 5.41. The smallest absolute Gasteiger partial charge is 0.189 e. The molecule has 0 bridgehead atoms. The molecule has 18 heavy (non-hydrogen) atoms. The molecular weight excluding hydrogens is 400 g/mol. The Labute approximate surface area is 132 Å². The highest BCUT2D eigenvalue weighted by atomic mass is 79.9. The van der Waals surface area contributed by atoms with Crippen LogP contribution in [0, 0.1) is 0 Å². The molecular formula is C12H14Br2O2S2. The van der Waals surface area contributed by atoms with Crippen molar-refractivity contribution in [1.82, 2.24) is 0 Å². The molecule has 0 radical (unpaired) electrons. The minimum atomic E-state index is 0.714. The molecule has 0 saturated carbocycles. The minimum absolute atomic E-state index is 0.714. The second-order valence-corrected chi connectivity index (χ2v) is 7.14. The summed E-state index contributed by atoms with van der Waals surface area (Å²) in [5.41, 5.74) is 0. The lowest BCUT2D eigenvalue weighted by Crippen LogP contribution is -1.87. The molecule has 0 aromatic carbocycles. The summed E-state index contributed by atoms with van der Waals surface area (Å²) in [5, 5.41) is 3.95. The minimum Gasteiger partial charge on any atom is -0.484 e. The summed E-state index contributed by atoms with van der Waals surface area (Å²) in [6.45, 7) is 5.44. The molecule has 0 spiro atoms. The highest BCUT2D eigenvalue weighted by Gasteiger charge is 2.04. The summed E-state index contributed by atoms with van der Waals surface area (Å²) in [6, 6.07) is 5.93. The number of rotatable bonds is 4. The van der Waals surface area contributed by atoms with E-state index in [1.807, 2.05) is 37.4 Å². The van der Waals surface area contributed by atoms with E-state index in [1.165, 1.54) is 0 Å². The Balaban J connectivity index is 0.000000184. The molecule has 0 fully saturated rings. The molecule has 2 aromatic heterocycles. The van der Waals surface area contributed by atoms with Crippen LogP contribution in [0.5, 0.6) is 10.1 Å². The first kappa shape index (κ1) is 16.0. The fourth-order valence-corrected chi connectivity index (χ4v) is 4.08. The Morgan fingerprint density at radius 1 is 1.17 bits per heavy atom. The number of thiophene rings is 2. The molecule has 100 valence electrons. The van der Waals surface area contributed by atoms with Crippen LogP contribution in [0.4, 0.5) is 0 Å². The predicted molar refractivity (Wildman–Crippen MR) is 86.4 cm³/mol. The normalized spacial score (nSPS) is 9.56. The molecule has 0 aliphatic heterocycles. The van der Waals surface area contributed by atoms with E-state index in [0.717, 1.165) is 25.0 Å². The molecule has 0 unspecified atom stereocenters. The van der Waals surface area contributed by atoms with Crippen LogP contribution < -0.4 is 9.47 Å². The lowest BCUT2D eigenvalue weighted by atomic mass is 10.6. The van der Waals surface area contributed by atoms with Crippen molar-refractivity contribution >= 4 is 54.5 Å². The molecule has 6 heteroatoms. The Morgan fingerprint density at radius 3 is 2.33 bits per heavy atom. The number of ether oxygens (including phenoxy) is 2. The quantitative estimate of drug-likeness (QED) is 0.628. The van der Waals surface area contributed by atoms with E-state index in [9.17, 15) is 0 Å². The van der Waals surface area contributed by atoms with Crippen molar-refractivity contribution in [3.05, 3.63) is 31.8 Å². The van der Waals surface area contributed by atoms with Crippen molar-refractivity contribution in [3.8, 4) is 10.1 Å². The van der Waals surface area contributed by atoms with Gasteiger partial charge in [-0.2, -0.15) is 0 Å². The zero-order valence-corrected chi connectivity index (χ0v) is 14.9. The van der Waals surface area contributed by atoms with Gasteiger partial charge in [0.05, 0.1) is 21.5 Å². The third-order valence-electron chi connectivity index (χ3n) is 1.68. The lowest BCUT2D eigenvalue weighted by Gasteiger charge is -1.96. The van der Waals surface area contributed by atoms with Gasteiger partial charge in [0.2, 0.25) is 0 Å². The summed E-state index contributed by atoms with van der Waals surface area (Å²) in [7, 11) is 0. The maximum Gasteiger partial charge on any atom is 0.189 e. The van der Waals surface area contributed by atoms with Gasteiger partial charge in [-0.05, 0) is 69.3 Å². The Kier molecular flexibility index (Phi) is 7.97. The van der Waals surface area contributed by atoms with Gasteiger partial charge in [-0.1, -0.05) is 11.3 Å². The molecule has 2 aromatic rings. The second-order valence-electron chi connectivity index (χ2n) is 2.98. The lowest BCUT2D eigenvalue weighted by molar-refractivity contribution is 0.348. The average Bonchev–Trinajstić information content (AvgIpc) is 2.92. The van der Waals surface area contributed by atoms with E-state index in [4.69, 9.17) is 9.47 Å². The van der Waals surface area contributed by atoms with E-state index < -0.39 is 0 Å². The number of hydrogen-bond acceptors (Lipinski definition) is 4. The zero-order valence-electron chi connectivity index (χ0n) is 10.1. The largest absolute Gasteiger partial charge is 0.484 e. The fraction of sp³-hybridized carbons (Fsp3) is 0.333. The number of halogens is 2. The third kappa shape index (κ3) is 5.73. The Morgan fingerprint density at radius 2 is 1.89 bits per heavy atom. The van der Waals surface area contributed by atoms with Crippen molar-refractivity contribution in [3.63, 3.8) is 0 Å². The van der Waals surface area contributed by atoms with Gasteiger partial charge < -0.3 is 9.47 Å². The maximum absolute atomic E-state index is 5.30. The van der Waals surface area contributed by atoms with Gasteiger partial charge in [-0.15, -0.1) is 11.3 Å². The summed E-state index contributed by atoms with van der Waals surface area (Å²) < 4.78 is 12.6. The number of hydrogen-bond donors (Lipinski definition) is 0. The van der Waals surface area contributed by atoms with Crippen LogP contribution in [0.15, 0.2) is 31.8 Å². The van der Waals surface area contributed by atoms with Gasteiger partial charge in [0, 0.05) is 0 Å². The van der Waals surface area contributed by atoms with E-state index in [2.05, 4.69) is 31.9 Å². The van der Waals surface area contributed by atoms with Crippen molar-refractivity contribution in [1.29, 1.82) is 0 Å². The molecule has 0 aliphatic rings. The van der Waals surface area contributed by atoms with Crippen LogP contribution in [0.25, 0.3) is 0 Å². The van der Waals surface area contributed by atoms with Crippen LogP contribution in [0.3, 0.4) is 0 Å². The standard InChI is InChI=1S/C6H6Br2OS.C6H8OS/c1-2-9-6-4(7)3-5(8)10-6;1-2-7-6-4-3-5-8-6/h3H,2H2,1H3;3-5H,2H2,1H3. The SMILES string of the molecule is CCOc1cccs1.CCOc1sc(Br)cc1Br. The molecule has 0 amide bonds. The van der Waals surface area contributed by atoms with E-state index >= 15 is 0 Å². The van der Waals surface area contributed by atoms with Gasteiger partial charge in [-0.25, -0.2) is 0 Å².